The zero-order valence-electron chi connectivity index (χ0n) is 14.0. The number of hydrogen-bond acceptors (Lipinski definition) is 2. The Kier molecular flexibility index (Phi) is 4.30. The zero-order valence-corrected chi connectivity index (χ0v) is 15.5. The summed E-state index contributed by atoms with van der Waals surface area (Å²) < 4.78 is 62.5. The summed E-state index contributed by atoms with van der Waals surface area (Å²) in [6, 6.07) is 4.62. The molecule has 0 aliphatic heterocycles. The van der Waals surface area contributed by atoms with Crippen LogP contribution in [0.5, 0.6) is 0 Å². The van der Waals surface area contributed by atoms with Gasteiger partial charge in [-0.25, -0.2) is 8.42 Å². The molecule has 0 spiro atoms. The Balaban J connectivity index is 2.86. The summed E-state index contributed by atoms with van der Waals surface area (Å²) >= 11 is 6.00. The molecule has 0 amide bonds. The molecular weight excluding hydrogens is 363 g/mol. The van der Waals surface area contributed by atoms with Gasteiger partial charge in [-0.1, -0.05) is 38.4 Å². The van der Waals surface area contributed by atoms with Crippen molar-refractivity contribution in [1.82, 2.24) is 4.98 Å². The van der Waals surface area contributed by atoms with Gasteiger partial charge >= 0.3 is 6.18 Å². The molecule has 1 aromatic carbocycles. The predicted octanol–water partition coefficient (Wildman–Crippen LogP) is 5.23. The number of hydrogen-bond donors (Lipinski definition) is 1. The van der Waals surface area contributed by atoms with Crippen molar-refractivity contribution < 1.29 is 21.6 Å². The molecule has 0 fully saturated rings. The second-order valence-corrected chi connectivity index (χ2v) is 10.1. The maximum Gasteiger partial charge on any atom is 0.408 e. The highest BCUT2D eigenvalue weighted by Crippen LogP contribution is 2.44. The fourth-order valence-corrected chi connectivity index (χ4v) is 4.26. The monoisotopic (exact) mass is 381 g/mol. The van der Waals surface area contributed by atoms with E-state index in [2.05, 4.69) is 4.98 Å². The Bertz CT molecular complexity index is 890. The summed E-state index contributed by atoms with van der Waals surface area (Å²) in [6.07, 6.45) is -4.93. The van der Waals surface area contributed by atoms with Crippen molar-refractivity contribution in [3.05, 3.63) is 28.9 Å². The van der Waals surface area contributed by atoms with E-state index in [1.165, 1.54) is 6.07 Å². The van der Waals surface area contributed by atoms with Gasteiger partial charge in [0.15, 0.2) is 14.6 Å². The summed E-state index contributed by atoms with van der Waals surface area (Å²) in [6.45, 7) is 7.02. The van der Waals surface area contributed by atoms with Crippen molar-refractivity contribution in [2.24, 2.45) is 0 Å². The predicted molar refractivity (Wildman–Crippen MR) is 89.3 cm³/mol. The molecule has 0 saturated carbocycles. The van der Waals surface area contributed by atoms with Crippen LogP contribution in [-0.2, 0) is 15.3 Å². The minimum Gasteiger partial charge on any atom is -0.357 e. The van der Waals surface area contributed by atoms with Gasteiger partial charge < -0.3 is 4.98 Å². The molecule has 1 N–H and O–H groups in total. The molecule has 0 radical (unpaired) electrons. The fourth-order valence-electron chi connectivity index (χ4n) is 2.22. The summed E-state index contributed by atoms with van der Waals surface area (Å²) in [4.78, 5) is 2.43. The first kappa shape index (κ1) is 19.1. The van der Waals surface area contributed by atoms with E-state index < -0.39 is 25.7 Å². The molecule has 0 saturated heterocycles. The smallest absolute Gasteiger partial charge is 0.357 e. The number of rotatable bonds is 2. The summed E-state index contributed by atoms with van der Waals surface area (Å²) in [5.41, 5.74) is 0.484. The summed E-state index contributed by atoms with van der Waals surface area (Å²) in [5, 5.41) is 0.267. The van der Waals surface area contributed by atoms with Crippen LogP contribution in [0.4, 0.5) is 13.2 Å². The van der Waals surface area contributed by atoms with Gasteiger partial charge in [0.1, 0.15) is 4.90 Å². The molecule has 1 aromatic heterocycles. The van der Waals surface area contributed by atoms with Crippen molar-refractivity contribution in [3.63, 3.8) is 0 Å². The topological polar surface area (TPSA) is 49.9 Å². The molecule has 0 aliphatic rings. The van der Waals surface area contributed by atoms with Crippen LogP contribution in [0.2, 0.25) is 5.02 Å². The van der Waals surface area contributed by atoms with Crippen LogP contribution in [0, 0.1) is 0 Å². The van der Waals surface area contributed by atoms with Crippen molar-refractivity contribution >= 4 is 32.3 Å². The van der Waals surface area contributed by atoms with E-state index in [9.17, 15) is 21.6 Å². The molecule has 24 heavy (non-hydrogen) atoms. The van der Waals surface area contributed by atoms with Gasteiger partial charge in [-0.15, -0.1) is 0 Å². The molecule has 134 valence electrons. The van der Waals surface area contributed by atoms with Crippen molar-refractivity contribution in [1.29, 1.82) is 0 Å². The molecule has 0 bridgehead atoms. The number of halogens is 4. The van der Waals surface area contributed by atoms with Gasteiger partial charge in [-0.2, -0.15) is 13.2 Å². The molecule has 0 aliphatic carbocycles. The SMILES string of the molecule is CC(C)(C)c1cc2ccc(Cl)c(S(=O)(=O)C(C)(C)C(F)(F)F)c2[nH]1. The maximum absolute atomic E-state index is 13.3. The van der Waals surface area contributed by atoms with E-state index in [1.54, 1.807) is 12.1 Å². The van der Waals surface area contributed by atoms with Crippen LogP contribution < -0.4 is 0 Å². The Morgan fingerprint density at radius 3 is 2.04 bits per heavy atom. The van der Waals surface area contributed by atoms with Crippen LogP contribution >= 0.6 is 11.6 Å². The lowest BCUT2D eigenvalue weighted by Gasteiger charge is -2.28. The van der Waals surface area contributed by atoms with Gasteiger partial charge in [-0.05, 0) is 26.0 Å². The van der Waals surface area contributed by atoms with E-state index in [1.807, 2.05) is 20.8 Å². The van der Waals surface area contributed by atoms with E-state index >= 15 is 0 Å². The number of nitrogens with one attached hydrogen (secondary N) is 1. The third-order valence-electron chi connectivity index (χ3n) is 4.13. The average molecular weight is 382 g/mol. The van der Waals surface area contributed by atoms with Crippen molar-refractivity contribution in [3.8, 4) is 0 Å². The standard InChI is InChI=1S/C16H19ClF3NO2S/c1-14(2,3)11-8-9-6-7-10(17)13(12(9)21-11)24(22,23)15(4,5)16(18,19)20/h6-8,21H,1-5H3. The van der Waals surface area contributed by atoms with E-state index in [-0.39, 0.29) is 16.0 Å². The highest BCUT2D eigenvalue weighted by molar-refractivity contribution is 7.93. The molecule has 0 atom stereocenters. The molecule has 1 heterocycles. The molecule has 8 heteroatoms. The van der Waals surface area contributed by atoms with Crippen LogP contribution in [-0.4, -0.2) is 24.3 Å². The van der Waals surface area contributed by atoms with Crippen LogP contribution in [0.25, 0.3) is 10.9 Å². The quantitative estimate of drug-likeness (QED) is 0.774. The minimum absolute atomic E-state index is 0.102. The van der Waals surface area contributed by atoms with Crippen LogP contribution in [0.15, 0.2) is 23.1 Å². The van der Waals surface area contributed by atoms with Crippen molar-refractivity contribution in [2.75, 3.05) is 0 Å². The third kappa shape index (κ3) is 2.81. The number of sulfone groups is 1. The number of benzene rings is 1. The Labute approximate surface area is 144 Å². The first-order valence-electron chi connectivity index (χ1n) is 7.24. The van der Waals surface area contributed by atoms with Gasteiger partial charge in [0.25, 0.3) is 0 Å². The van der Waals surface area contributed by atoms with Gasteiger partial charge in [0.2, 0.25) is 0 Å². The number of alkyl halides is 3. The Morgan fingerprint density at radius 2 is 1.58 bits per heavy atom. The lowest BCUT2D eigenvalue weighted by molar-refractivity contribution is -0.153. The number of aromatic nitrogens is 1. The zero-order chi connectivity index (χ0) is 18.7. The van der Waals surface area contributed by atoms with Gasteiger partial charge in [-0.3, -0.25) is 0 Å². The fraction of sp³-hybridized carbons (Fsp3) is 0.500. The third-order valence-corrected chi connectivity index (χ3v) is 7.10. The average Bonchev–Trinajstić information content (AvgIpc) is 2.80. The highest BCUT2D eigenvalue weighted by Gasteiger charge is 2.58. The molecule has 3 nitrogen and oxygen atoms in total. The second kappa shape index (κ2) is 5.39. The Hall–Kier alpha value is -1.21. The molecule has 2 rings (SSSR count). The van der Waals surface area contributed by atoms with Crippen LogP contribution in [0.3, 0.4) is 0 Å². The lowest BCUT2D eigenvalue weighted by atomic mass is 9.92. The van der Waals surface area contributed by atoms with E-state index in [0.717, 1.165) is 0 Å². The molecular formula is C16H19ClF3NO2S. The number of fused-ring (bicyclic) bond motifs is 1. The van der Waals surface area contributed by atoms with Gasteiger partial charge in [0.05, 0.1) is 10.5 Å². The molecule has 2 aromatic rings. The van der Waals surface area contributed by atoms with Crippen molar-refractivity contribution in [2.45, 2.75) is 55.9 Å². The lowest BCUT2D eigenvalue weighted by Crippen LogP contribution is -2.46. The summed E-state index contributed by atoms with van der Waals surface area (Å²) in [5.74, 6) is 0. The first-order valence-corrected chi connectivity index (χ1v) is 9.10. The molecule has 0 unspecified atom stereocenters. The summed E-state index contributed by atoms with van der Waals surface area (Å²) in [7, 11) is -4.77. The largest absolute Gasteiger partial charge is 0.408 e. The van der Waals surface area contributed by atoms with Gasteiger partial charge in [0, 0.05) is 16.5 Å². The Morgan fingerprint density at radius 1 is 1.04 bits per heavy atom. The van der Waals surface area contributed by atoms with E-state index in [4.69, 9.17) is 11.6 Å². The van der Waals surface area contributed by atoms with E-state index in [0.29, 0.717) is 24.9 Å². The normalized spacial score (nSPS) is 14.4. The highest BCUT2D eigenvalue weighted by atomic mass is 35.5. The number of aromatic amines is 1. The minimum atomic E-state index is -4.93. The van der Waals surface area contributed by atoms with Crippen LogP contribution in [0.1, 0.15) is 40.3 Å². The second-order valence-electron chi connectivity index (χ2n) is 7.29. The maximum atomic E-state index is 13.3. The number of H-pyrrole nitrogens is 1. The first-order chi connectivity index (χ1) is 10.6.